The van der Waals surface area contributed by atoms with Gasteiger partial charge in [0.25, 0.3) is 0 Å². The zero-order valence-corrected chi connectivity index (χ0v) is 9.85. The maximum absolute atomic E-state index is 4.36. The zero-order valence-electron chi connectivity index (χ0n) is 9.03. The summed E-state index contributed by atoms with van der Waals surface area (Å²) >= 11 is 0. The summed E-state index contributed by atoms with van der Waals surface area (Å²) in [4.78, 5) is 0. The Balaban J connectivity index is 2.81. The highest BCUT2D eigenvalue weighted by molar-refractivity contribution is 8.34. The molecule has 0 saturated heterocycles. The average Bonchev–Trinajstić information content (AvgIpc) is 2.27. The van der Waals surface area contributed by atoms with Crippen LogP contribution in [0.25, 0.3) is 6.08 Å². The number of hydrogen-bond donors (Lipinski definition) is 0. The Hall–Kier alpha value is -0.700. The summed E-state index contributed by atoms with van der Waals surface area (Å²) in [6, 6.07) is 2.10. The third kappa shape index (κ3) is 3.27. The molecule has 0 spiro atoms. The molecule has 0 amide bonds. The predicted molar refractivity (Wildman–Crippen MR) is 62.3 cm³/mol. The van der Waals surface area contributed by atoms with Crippen LogP contribution in [0.2, 0.25) is 0 Å². The van der Waals surface area contributed by atoms with E-state index in [9.17, 15) is 0 Å². The number of hydrogen-bond acceptors (Lipinski definition) is 1. The highest BCUT2D eigenvalue weighted by atomic mass is 32.3. The predicted octanol–water partition coefficient (Wildman–Crippen LogP) is 2.39. The molecule has 0 N–H and O–H groups in total. The molecular formula is C10H18N2S. The normalized spacial score (nSPS) is 13.9. The number of rotatable bonds is 2. The van der Waals surface area contributed by atoms with Crippen molar-refractivity contribution in [3.05, 3.63) is 22.9 Å². The van der Waals surface area contributed by atoms with E-state index in [0.717, 1.165) is 5.69 Å². The van der Waals surface area contributed by atoms with Crippen molar-refractivity contribution in [3.63, 3.8) is 0 Å². The van der Waals surface area contributed by atoms with E-state index in [1.165, 1.54) is 5.69 Å². The molecule has 2 nitrogen and oxygen atoms in total. The number of nitrogens with zero attached hydrogens (tertiary/aromatic N) is 2. The topological polar surface area (TPSA) is 17.8 Å². The van der Waals surface area contributed by atoms with Crippen LogP contribution in [0.5, 0.6) is 0 Å². The van der Waals surface area contributed by atoms with Crippen LogP contribution in [-0.2, 0) is 7.05 Å². The van der Waals surface area contributed by atoms with Crippen molar-refractivity contribution in [1.82, 2.24) is 9.78 Å². The summed E-state index contributed by atoms with van der Waals surface area (Å²) < 4.78 is 1.90. The van der Waals surface area contributed by atoms with Crippen molar-refractivity contribution in [2.24, 2.45) is 7.05 Å². The van der Waals surface area contributed by atoms with Gasteiger partial charge in [-0.1, -0.05) is 0 Å². The number of aryl methyl sites for hydroxylation is 2. The van der Waals surface area contributed by atoms with E-state index in [2.05, 4.69) is 48.3 Å². The summed E-state index contributed by atoms with van der Waals surface area (Å²) in [7, 11) is 1.41. The fourth-order valence-electron chi connectivity index (χ4n) is 0.944. The summed E-state index contributed by atoms with van der Waals surface area (Å²) in [5.41, 5.74) is 2.26. The molecule has 0 fully saturated rings. The third-order valence-electron chi connectivity index (χ3n) is 1.78. The van der Waals surface area contributed by atoms with E-state index in [1.54, 1.807) is 0 Å². The van der Waals surface area contributed by atoms with Gasteiger partial charge >= 0.3 is 0 Å². The second-order valence-electron chi connectivity index (χ2n) is 4.07. The molecule has 0 atom stereocenters. The van der Waals surface area contributed by atoms with Crippen molar-refractivity contribution < 1.29 is 0 Å². The Bertz CT molecular complexity index is 299. The molecule has 0 aliphatic heterocycles. The fourth-order valence-corrected chi connectivity index (χ4v) is 1.49. The van der Waals surface area contributed by atoms with Gasteiger partial charge in [-0.2, -0.15) is 5.10 Å². The second kappa shape index (κ2) is 3.58. The monoisotopic (exact) mass is 198 g/mol. The molecule has 0 aromatic carbocycles. The van der Waals surface area contributed by atoms with Crippen LogP contribution in [0.3, 0.4) is 0 Å². The van der Waals surface area contributed by atoms with Crippen LogP contribution < -0.4 is 0 Å². The number of aromatic nitrogens is 2. The van der Waals surface area contributed by atoms with E-state index in [4.69, 9.17) is 0 Å². The van der Waals surface area contributed by atoms with Crippen LogP contribution in [0.15, 0.2) is 11.5 Å². The van der Waals surface area contributed by atoms with Crippen LogP contribution in [-0.4, -0.2) is 28.5 Å². The Kier molecular flexibility index (Phi) is 2.86. The Morgan fingerprint density at radius 3 is 2.38 bits per heavy atom. The van der Waals surface area contributed by atoms with E-state index in [0.29, 0.717) is 0 Å². The van der Waals surface area contributed by atoms with Gasteiger partial charge in [0.2, 0.25) is 0 Å². The third-order valence-corrected chi connectivity index (χ3v) is 2.73. The standard InChI is InChI=1S/C10H18N2S/c1-9-8-10(11-12(9)2)6-7-13(3,4)5/h6-8H,1-5H3/b7-6-. The van der Waals surface area contributed by atoms with Gasteiger partial charge in [0.05, 0.1) is 5.69 Å². The lowest BCUT2D eigenvalue weighted by molar-refractivity contribution is 0.737. The fraction of sp³-hybridized carbons (Fsp3) is 0.500. The lowest BCUT2D eigenvalue weighted by Crippen LogP contribution is -1.92. The van der Waals surface area contributed by atoms with E-state index in [1.807, 2.05) is 11.7 Å². The van der Waals surface area contributed by atoms with Crippen molar-refractivity contribution in [3.8, 4) is 0 Å². The minimum atomic E-state index is -0.556. The molecule has 0 radical (unpaired) electrons. The van der Waals surface area contributed by atoms with Crippen LogP contribution in [0.4, 0.5) is 0 Å². The van der Waals surface area contributed by atoms with E-state index in [-0.39, 0.29) is 0 Å². The SMILES string of the molecule is Cc1cc(/C=C\S(C)(C)C)nn1C. The first-order valence-corrected chi connectivity index (χ1v) is 7.18. The molecule has 0 unspecified atom stereocenters. The Morgan fingerprint density at radius 1 is 1.38 bits per heavy atom. The van der Waals surface area contributed by atoms with Gasteiger partial charge in [-0.15, -0.1) is 0 Å². The van der Waals surface area contributed by atoms with E-state index < -0.39 is 10.0 Å². The molecule has 1 aromatic rings. The summed E-state index contributed by atoms with van der Waals surface area (Å²) in [5.74, 6) is 0. The Morgan fingerprint density at radius 2 is 2.00 bits per heavy atom. The first kappa shape index (κ1) is 10.4. The second-order valence-corrected chi connectivity index (χ2v) is 8.20. The summed E-state index contributed by atoms with van der Waals surface area (Å²) in [6.45, 7) is 2.06. The highest BCUT2D eigenvalue weighted by Gasteiger charge is 1.99. The molecule has 0 bridgehead atoms. The summed E-state index contributed by atoms with van der Waals surface area (Å²) in [5, 5.41) is 6.62. The van der Waals surface area contributed by atoms with Gasteiger partial charge < -0.3 is 0 Å². The first-order valence-electron chi connectivity index (χ1n) is 4.25. The molecule has 3 heteroatoms. The smallest absolute Gasteiger partial charge is 0.0858 e. The van der Waals surface area contributed by atoms with Crippen LogP contribution in [0, 0.1) is 6.92 Å². The van der Waals surface area contributed by atoms with Crippen molar-refractivity contribution in [1.29, 1.82) is 0 Å². The molecule has 0 aliphatic rings. The van der Waals surface area contributed by atoms with Crippen molar-refractivity contribution in [2.45, 2.75) is 6.92 Å². The highest BCUT2D eigenvalue weighted by Crippen LogP contribution is 2.36. The maximum Gasteiger partial charge on any atom is 0.0858 e. The average molecular weight is 198 g/mol. The van der Waals surface area contributed by atoms with Crippen molar-refractivity contribution in [2.75, 3.05) is 18.8 Å². The van der Waals surface area contributed by atoms with Crippen LogP contribution in [0.1, 0.15) is 11.4 Å². The molecule has 0 saturated carbocycles. The van der Waals surface area contributed by atoms with Gasteiger partial charge in [0.15, 0.2) is 0 Å². The molecule has 0 aliphatic carbocycles. The molecule has 74 valence electrons. The largest absolute Gasteiger partial charge is 0.272 e. The molecular weight excluding hydrogens is 180 g/mol. The van der Waals surface area contributed by atoms with Gasteiger partial charge in [-0.25, -0.2) is 10.0 Å². The van der Waals surface area contributed by atoms with Gasteiger partial charge in [-0.05, 0) is 43.2 Å². The molecule has 1 rings (SSSR count). The summed E-state index contributed by atoms with van der Waals surface area (Å²) in [6.07, 6.45) is 8.90. The van der Waals surface area contributed by atoms with Gasteiger partial charge in [-0.3, -0.25) is 4.68 Å². The van der Waals surface area contributed by atoms with Gasteiger partial charge in [0, 0.05) is 12.7 Å². The lowest BCUT2D eigenvalue weighted by Gasteiger charge is -2.18. The minimum Gasteiger partial charge on any atom is -0.272 e. The van der Waals surface area contributed by atoms with Gasteiger partial charge in [0.1, 0.15) is 0 Å². The quantitative estimate of drug-likeness (QED) is 0.713. The molecule has 1 aromatic heterocycles. The van der Waals surface area contributed by atoms with E-state index >= 15 is 0 Å². The lowest BCUT2D eigenvalue weighted by atomic mass is 10.4. The first-order chi connectivity index (χ1) is 5.88. The zero-order chi connectivity index (χ0) is 10.1. The van der Waals surface area contributed by atoms with Crippen LogP contribution >= 0.6 is 10.0 Å². The van der Waals surface area contributed by atoms with Crippen molar-refractivity contribution >= 4 is 16.1 Å². The molecule has 1 heterocycles. The Labute approximate surface area is 82.0 Å². The minimum absolute atomic E-state index is 0.556. The molecule has 13 heavy (non-hydrogen) atoms. The maximum atomic E-state index is 4.36.